The third-order valence-electron chi connectivity index (χ3n) is 11.0. The molecule has 23 heteroatoms. The zero-order chi connectivity index (χ0) is 49.5. The number of aromatic nitrogens is 2. The Kier molecular flexibility index (Phi) is 21.4. The average Bonchev–Trinajstić information content (AvgIpc) is 3.28. The van der Waals surface area contributed by atoms with Crippen LogP contribution in [0.4, 0.5) is 11.4 Å². The first-order valence-corrected chi connectivity index (χ1v) is 25.0. The Balaban J connectivity index is 1.25. The van der Waals surface area contributed by atoms with Crippen molar-refractivity contribution >= 4 is 104 Å². The van der Waals surface area contributed by atoms with E-state index in [4.69, 9.17) is 126 Å². The van der Waals surface area contributed by atoms with Crippen molar-refractivity contribution in [1.82, 2.24) is 9.97 Å². The summed E-state index contributed by atoms with van der Waals surface area (Å²) in [5.41, 5.74) is 0.106. The predicted molar refractivity (Wildman–Crippen MR) is 267 cm³/mol. The maximum atomic E-state index is 12.0. The van der Waals surface area contributed by atoms with Crippen molar-refractivity contribution in [1.29, 1.82) is 0 Å². The van der Waals surface area contributed by atoms with Crippen molar-refractivity contribution in [2.45, 2.75) is 101 Å². The van der Waals surface area contributed by atoms with Crippen LogP contribution in [0.1, 0.15) is 100 Å². The number of pyridine rings is 2. The van der Waals surface area contributed by atoms with Gasteiger partial charge in [0, 0.05) is 48.2 Å². The van der Waals surface area contributed by atoms with Crippen LogP contribution < -0.4 is 28.4 Å². The van der Waals surface area contributed by atoms with Crippen molar-refractivity contribution in [3.05, 3.63) is 121 Å². The number of ether oxygens (including phenoxy) is 7. The van der Waals surface area contributed by atoms with Gasteiger partial charge in [-0.25, -0.2) is 0 Å². The molecule has 4 aromatic rings. The van der Waals surface area contributed by atoms with E-state index in [0.29, 0.717) is 22.6 Å². The lowest BCUT2D eigenvalue weighted by molar-refractivity contribution is -0.386. The first-order chi connectivity index (χ1) is 33.1. The molecule has 0 saturated heterocycles. The summed E-state index contributed by atoms with van der Waals surface area (Å²) in [5, 5.41) is 24.8. The van der Waals surface area contributed by atoms with Crippen molar-refractivity contribution in [2.75, 3.05) is 26.4 Å². The molecule has 2 aromatic carbocycles. The first kappa shape index (κ1) is 54.4. The van der Waals surface area contributed by atoms with Gasteiger partial charge in [0.2, 0.25) is 11.8 Å². The van der Waals surface area contributed by atoms with E-state index in [0.717, 1.165) is 64.2 Å². The van der Waals surface area contributed by atoms with Crippen LogP contribution in [0.5, 0.6) is 35.0 Å². The standard InChI is InChI=1S/C46H46Cl8N4O11/c47-31-23-29(64-21-17-39(51)52)24-32(48)43(31)37(68-41-13-11-35(57(59)60)45(55-41)66-27-7-3-1-4-8-27)15-19-63-20-16-38(44-33(49)25-30(26-34(44)50)65-22-18-40(53)54)69-42-14-12-36(58(61)62)46(56-42)67-28-9-5-2-6-10-28/h11-14,17-18,23-28,37-38H,1-10,15-16,19-22H2. The quantitative estimate of drug-likeness (QED) is 0.0368. The molecule has 0 N–H and O–H groups in total. The zero-order valence-corrected chi connectivity index (χ0v) is 42.7. The Bertz CT molecular complexity index is 2250. The monoisotopic (exact) mass is 1110 g/mol. The summed E-state index contributed by atoms with van der Waals surface area (Å²) < 4.78 is 42.7. The summed E-state index contributed by atoms with van der Waals surface area (Å²) in [6, 6.07) is 11.5. The number of hydrogen-bond donors (Lipinski definition) is 0. The smallest absolute Gasteiger partial charge is 0.331 e. The Morgan fingerprint density at radius 3 is 1.29 bits per heavy atom. The van der Waals surface area contributed by atoms with Crippen LogP contribution in [0.2, 0.25) is 20.1 Å². The van der Waals surface area contributed by atoms with Crippen LogP contribution >= 0.6 is 92.8 Å². The number of rotatable bonds is 24. The van der Waals surface area contributed by atoms with E-state index in [1.165, 1.54) is 36.4 Å². The Hall–Kier alpha value is -3.90. The molecule has 6 rings (SSSR count). The number of nitrogens with zero attached hydrogens (tertiary/aromatic N) is 4. The van der Waals surface area contributed by atoms with Crippen LogP contribution in [-0.2, 0) is 4.74 Å². The molecule has 69 heavy (non-hydrogen) atoms. The summed E-state index contributed by atoms with van der Waals surface area (Å²) in [4.78, 5) is 31.8. The normalized spacial score (nSPS) is 15.1. The molecule has 2 unspecified atom stereocenters. The maximum absolute atomic E-state index is 12.0. The van der Waals surface area contributed by atoms with Crippen molar-refractivity contribution in [3.63, 3.8) is 0 Å². The largest absolute Gasteiger partial charge is 0.489 e. The van der Waals surface area contributed by atoms with Crippen LogP contribution in [0.25, 0.3) is 0 Å². The zero-order valence-electron chi connectivity index (χ0n) is 36.7. The molecule has 0 radical (unpaired) electrons. The lowest BCUT2D eigenvalue weighted by Gasteiger charge is -2.24. The van der Waals surface area contributed by atoms with E-state index >= 15 is 0 Å². The van der Waals surface area contributed by atoms with Gasteiger partial charge in [-0.15, -0.1) is 0 Å². The molecule has 2 aliphatic carbocycles. The number of hydrogen-bond acceptors (Lipinski definition) is 13. The van der Waals surface area contributed by atoms with E-state index in [2.05, 4.69) is 9.97 Å². The topological polar surface area (TPSA) is 177 Å². The summed E-state index contributed by atoms with van der Waals surface area (Å²) in [6.07, 6.45) is 9.64. The highest BCUT2D eigenvalue weighted by Crippen LogP contribution is 2.42. The number of benzene rings is 2. The Morgan fingerprint density at radius 1 is 0.594 bits per heavy atom. The Morgan fingerprint density at radius 2 is 0.957 bits per heavy atom. The van der Waals surface area contributed by atoms with Gasteiger partial charge >= 0.3 is 11.4 Å². The van der Waals surface area contributed by atoms with E-state index in [1.54, 1.807) is 24.3 Å². The van der Waals surface area contributed by atoms with Crippen molar-refractivity contribution in [2.24, 2.45) is 0 Å². The van der Waals surface area contributed by atoms with Gasteiger partial charge in [-0.3, -0.25) is 20.2 Å². The minimum atomic E-state index is -0.924. The molecule has 15 nitrogen and oxygen atoms in total. The molecule has 0 spiro atoms. The summed E-state index contributed by atoms with van der Waals surface area (Å²) in [5.74, 6) is 0.337. The molecule has 0 bridgehead atoms. The van der Waals surface area contributed by atoms with Crippen molar-refractivity contribution in [3.8, 4) is 35.0 Å². The highest BCUT2D eigenvalue weighted by atomic mass is 35.5. The van der Waals surface area contributed by atoms with Gasteiger partial charge in [0.1, 0.15) is 58.1 Å². The van der Waals surface area contributed by atoms with Gasteiger partial charge in [0.15, 0.2) is 0 Å². The second-order valence-electron chi connectivity index (χ2n) is 15.8. The van der Waals surface area contributed by atoms with E-state index < -0.39 is 22.1 Å². The fourth-order valence-electron chi connectivity index (χ4n) is 7.70. The number of nitro groups is 2. The van der Waals surface area contributed by atoms with E-state index in [1.807, 2.05) is 0 Å². The Labute approximate surface area is 438 Å². The third kappa shape index (κ3) is 16.6. The maximum Gasteiger partial charge on any atom is 0.331 e. The second kappa shape index (κ2) is 27.1. The molecule has 2 heterocycles. The molecule has 2 fully saturated rings. The molecule has 2 atom stereocenters. The SMILES string of the molecule is O=[N+]([O-])c1ccc(OC(CCOCCC(Oc2ccc([N+](=O)[O-])c(OC3CCCCC3)n2)c2c(Cl)cc(OCC=C(Cl)Cl)cc2Cl)c2c(Cl)cc(OCC=C(Cl)Cl)cc2Cl)nc1OC1CCCCC1. The van der Waals surface area contributed by atoms with Gasteiger partial charge < -0.3 is 33.2 Å². The van der Waals surface area contributed by atoms with Crippen molar-refractivity contribution < 1.29 is 43.0 Å². The molecule has 372 valence electrons. The minimum absolute atomic E-state index is 0.0140. The lowest BCUT2D eigenvalue weighted by Crippen LogP contribution is -2.21. The molecular formula is C46H46Cl8N4O11. The van der Waals surface area contributed by atoms with Crippen LogP contribution in [0.15, 0.2) is 69.7 Å². The fraction of sp³-hybridized carbons (Fsp3) is 0.435. The van der Waals surface area contributed by atoms with Gasteiger partial charge in [-0.05, 0) is 87.8 Å². The van der Waals surface area contributed by atoms with Gasteiger partial charge in [-0.1, -0.05) is 106 Å². The summed E-state index contributed by atoms with van der Waals surface area (Å²) in [6.45, 7) is 0.156. The predicted octanol–water partition coefficient (Wildman–Crippen LogP) is 15.5. The fourth-order valence-corrected chi connectivity index (χ4v) is 9.37. The highest BCUT2D eigenvalue weighted by molar-refractivity contribution is 6.56. The van der Waals surface area contributed by atoms with Gasteiger partial charge in [0.05, 0.1) is 43.2 Å². The van der Waals surface area contributed by atoms with Crippen LogP contribution in [0, 0.1) is 20.2 Å². The van der Waals surface area contributed by atoms with E-state index in [-0.39, 0.29) is 115 Å². The summed E-state index contributed by atoms with van der Waals surface area (Å²) in [7, 11) is 0. The minimum Gasteiger partial charge on any atom is -0.489 e. The molecule has 0 aliphatic heterocycles. The second-order valence-corrected chi connectivity index (χ2v) is 19.5. The average molecular weight is 1110 g/mol. The highest BCUT2D eigenvalue weighted by Gasteiger charge is 2.29. The van der Waals surface area contributed by atoms with Crippen LogP contribution in [-0.4, -0.2) is 58.5 Å². The van der Waals surface area contributed by atoms with E-state index in [9.17, 15) is 20.2 Å². The molecule has 2 aromatic heterocycles. The molecule has 2 aliphatic rings. The number of halogens is 8. The lowest BCUT2D eigenvalue weighted by atomic mass is 9.98. The molecular weight excluding hydrogens is 1070 g/mol. The molecule has 0 amide bonds. The first-order valence-electron chi connectivity index (χ1n) is 22.0. The third-order valence-corrected chi connectivity index (χ3v) is 12.9. The summed E-state index contributed by atoms with van der Waals surface area (Å²) >= 11 is 50.4. The van der Waals surface area contributed by atoms with Gasteiger partial charge in [-0.2, -0.15) is 9.97 Å². The molecule has 2 saturated carbocycles. The van der Waals surface area contributed by atoms with Gasteiger partial charge in [0.25, 0.3) is 11.8 Å². The van der Waals surface area contributed by atoms with Crippen LogP contribution in [0.3, 0.4) is 0 Å².